The molecule has 0 saturated carbocycles. The Morgan fingerprint density at radius 1 is 1.24 bits per heavy atom. The molecule has 0 radical (unpaired) electrons. The number of carbonyl (C=O) groups is 1. The van der Waals surface area contributed by atoms with Crippen LogP contribution in [0.2, 0.25) is 0 Å². The largest absolute Gasteiger partial charge is 0.369 e. The molecule has 0 aromatic heterocycles. The van der Waals surface area contributed by atoms with Crippen molar-refractivity contribution in [2.75, 3.05) is 44.2 Å². The Morgan fingerprint density at radius 3 is 2.67 bits per heavy atom. The molecule has 21 heavy (non-hydrogen) atoms. The van der Waals surface area contributed by atoms with Gasteiger partial charge in [-0.25, -0.2) is 0 Å². The summed E-state index contributed by atoms with van der Waals surface area (Å²) in [5.74, 6) is 0.179. The van der Waals surface area contributed by atoms with Gasteiger partial charge in [0.1, 0.15) is 0 Å². The summed E-state index contributed by atoms with van der Waals surface area (Å²) in [6.07, 6.45) is 1.62. The lowest BCUT2D eigenvalue weighted by Crippen LogP contribution is -2.47. The van der Waals surface area contributed by atoms with Crippen LogP contribution in [0, 0.1) is 6.92 Å². The van der Waals surface area contributed by atoms with Gasteiger partial charge in [-0.1, -0.05) is 19.1 Å². The van der Waals surface area contributed by atoms with Crippen molar-refractivity contribution >= 4 is 11.6 Å². The van der Waals surface area contributed by atoms with Gasteiger partial charge in [0.25, 0.3) is 0 Å². The molecule has 1 aromatic carbocycles. The zero-order chi connectivity index (χ0) is 15.1. The van der Waals surface area contributed by atoms with Crippen LogP contribution in [0.15, 0.2) is 24.3 Å². The van der Waals surface area contributed by atoms with E-state index in [4.69, 9.17) is 0 Å². The van der Waals surface area contributed by atoms with Gasteiger partial charge in [-0.3, -0.25) is 9.69 Å². The van der Waals surface area contributed by atoms with E-state index < -0.39 is 0 Å². The molecule has 2 rings (SSSR count). The molecule has 0 unspecified atom stereocenters. The zero-order valence-corrected chi connectivity index (χ0v) is 13.3. The van der Waals surface area contributed by atoms with E-state index in [1.165, 1.54) is 11.3 Å². The molecule has 1 aliphatic heterocycles. The fourth-order valence-corrected chi connectivity index (χ4v) is 2.67. The van der Waals surface area contributed by atoms with Crippen LogP contribution in [0.25, 0.3) is 0 Å². The molecule has 0 aliphatic carbocycles. The Kier molecular flexibility index (Phi) is 6.05. The van der Waals surface area contributed by atoms with Crippen LogP contribution < -0.4 is 10.2 Å². The lowest BCUT2D eigenvalue weighted by molar-refractivity contribution is -0.121. The van der Waals surface area contributed by atoms with Crippen LogP contribution in [-0.4, -0.2) is 50.1 Å². The Hall–Kier alpha value is -1.55. The molecule has 1 aromatic rings. The van der Waals surface area contributed by atoms with Crippen LogP contribution in [0.1, 0.15) is 25.3 Å². The van der Waals surface area contributed by atoms with Gasteiger partial charge in [-0.05, 0) is 31.0 Å². The van der Waals surface area contributed by atoms with Crippen molar-refractivity contribution in [2.45, 2.75) is 26.7 Å². The molecule has 116 valence electrons. The van der Waals surface area contributed by atoms with E-state index in [0.29, 0.717) is 6.42 Å². The van der Waals surface area contributed by atoms with Crippen LogP contribution in [0.3, 0.4) is 0 Å². The van der Waals surface area contributed by atoms with Gasteiger partial charge in [0.05, 0.1) is 0 Å². The number of benzene rings is 1. The second-order valence-corrected chi connectivity index (χ2v) is 5.77. The first-order valence-electron chi connectivity index (χ1n) is 7.99. The third-order valence-corrected chi connectivity index (χ3v) is 3.97. The van der Waals surface area contributed by atoms with E-state index in [-0.39, 0.29) is 5.91 Å². The first kappa shape index (κ1) is 15.8. The maximum Gasteiger partial charge on any atom is 0.221 e. The number of piperazine rings is 1. The van der Waals surface area contributed by atoms with Crippen molar-refractivity contribution < 1.29 is 4.79 Å². The van der Waals surface area contributed by atoms with Crippen molar-refractivity contribution in [2.24, 2.45) is 0 Å². The van der Waals surface area contributed by atoms with E-state index >= 15 is 0 Å². The maximum atomic E-state index is 11.6. The maximum absolute atomic E-state index is 11.6. The monoisotopic (exact) mass is 289 g/mol. The van der Waals surface area contributed by atoms with Crippen LogP contribution in [0.5, 0.6) is 0 Å². The average molecular weight is 289 g/mol. The molecule has 1 N–H and O–H groups in total. The molecule has 4 nitrogen and oxygen atoms in total. The average Bonchev–Trinajstić information content (AvgIpc) is 2.51. The molecule has 1 aliphatic rings. The van der Waals surface area contributed by atoms with E-state index in [1.807, 2.05) is 0 Å². The fraction of sp³-hybridized carbons (Fsp3) is 0.588. The quantitative estimate of drug-likeness (QED) is 0.870. The second-order valence-electron chi connectivity index (χ2n) is 5.77. The molecule has 0 bridgehead atoms. The van der Waals surface area contributed by atoms with Gasteiger partial charge in [-0.15, -0.1) is 0 Å². The molecule has 0 atom stereocenters. The number of aryl methyl sites for hydroxylation is 1. The molecule has 4 heteroatoms. The fourth-order valence-electron chi connectivity index (χ4n) is 2.67. The summed E-state index contributed by atoms with van der Waals surface area (Å²) in [7, 11) is 0. The first-order chi connectivity index (χ1) is 10.2. The van der Waals surface area contributed by atoms with Gasteiger partial charge < -0.3 is 10.2 Å². The van der Waals surface area contributed by atoms with Crippen molar-refractivity contribution in [1.29, 1.82) is 0 Å². The van der Waals surface area contributed by atoms with Gasteiger partial charge in [-0.2, -0.15) is 0 Å². The van der Waals surface area contributed by atoms with E-state index in [9.17, 15) is 4.79 Å². The molecule has 1 amide bonds. The molecular formula is C17H27N3O. The highest BCUT2D eigenvalue weighted by molar-refractivity contribution is 5.76. The smallest absolute Gasteiger partial charge is 0.221 e. The molecular weight excluding hydrogens is 262 g/mol. The van der Waals surface area contributed by atoms with E-state index in [2.05, 4.69) is 53.2 Å². The highest BCUT2D eigenvalue weighted by Crippen LogP contribution is 2.17. The summed E-state index contributed by atoms with van der Waals surface area (Å²) in [5.41, 5.74) is 2.62. The molecule has 1 heterocycles. The Bertz CT molecular complexity index is 453. The number of nitrogens with zero attached hydrogens (tertiary/aromatic N) is 2. The zero-order valence-electron chi connectivity index (χ0n) is 13.3. The Labute approximate surface area is 128 Å². The molecule has 1 fully saturated rings. The van der Waals surface area contributed by atoms with Crippen LogP contribution in [-0.2, 0) is 4.79 Å². The van der Waals surface area contributed by atoms with E-state index in [0.717, 1.165) is 45.7 Å². The highest BCUT2D eigenvalue weighted by Gasteiger charge is 2.17. The standard InChI is InChI=1S/C17H27N3O/c1-3-8-18-17(21)7-9-19-10-12-20(13-11-19)16-6-4-5-15(2)14-16/h4-6,14H,3,7-13H2,1-2H3,(H,18,21). The summed E-state index contributed by atoms with van der Waals surface area (Å²) in [6, 6.07) is 8.68. The molecule has 0 spiro atoms. The number of anilines is 1. The van der Waals surface area contributed by atoms with Gasteiger partial charge in [0.15, 0.2) is 0 Å². The normalized spacial score (nSPS) is 16.0. The van der Waals surface area contributed by atoms with Crippen LogP contribution in [0.4, 0.5) is 5.69 Å². The predicted molar refractivity (Wildman–Crippen MR) is 87.7 cm³/mol. The van der Waals surface area contributed by atoms with Crippen molar-refractivity contribution in [3.8, 4) is 0 Å². The highest BCUT2D eigenvalue weighted by atomic mass is 16.1. The first-order valence-corrected chi connectivity index (χ1v) is 7.99. The topological polar surface area (TPSA) is 35.6 Å². The van der Waals surface area contributed by atoms with Gasteiger partial charge in [0, 0.05) is 51.4 Å². The lowest BCUT2D eigenvalue weighted by atomic mass is 10.2. The van der Waals surface area contributed by atoms with Gasteiger partial charge in [0.2, 0.25) is 5.91 Å². The minimum atomic E-state index is 0.179. The Morgan fingerprint density at radius 2 is 2.00 bits per heavy atom. The third-order valence-electron chi connectivity index (χ3n) is 3.97. The number of hydrogen-bond acceptors (Lipinski definition) is 3. The number of hydrogen-bond donors (Lipinski definition) is 1. The number of amides is 1. The van der Waals surface area contributed by atoms with Crippen molar-refractivity contribution in [3.05, 3.63) is 29.8 Å². The summed E-state index contributed by atoms with van der Waals surface area (Å²) in [5, 5.41) is 2.94. The van der Waals surface area contributed by atoms with Gasteiger partial charge >= 0.3 is 0 Å². The summed E-state index contributed by atoms with van der Waals surface area (Å²) in [4.78, 5) is 16.4. The number of nitrogens with one attached hydrogen (secondary N) is 1. The third kappa shape index (κ3) is 5.05. The minimum Gasteiger partial charge on any atom is -0.369 e. The molecule has 1 saturated heterocycles. The summed E-state index contributed by atoms with van der Waals surface area (Å²) >= 11 is 0. The summed E-state index contributed by atoms with van der Waals surface area (Å²) < 4.78 is 0. The Balaban J connectivity index is 1.72. The van der Waals surface area contributed by atoms with Crippen molar-refractivity contribution in [3.63, 3.8) is 0 Å². The lowest BCUT2D eigenvalue weighted by Gasteiger charge is -2.36. The van der Waals surface area contributed by atoms with E-state index in [1.54, 1.807) is 0 Å². The SMILES string of the molecule is CCCNC(=O)CCN1CCN(c2cccc(C)c2)CC1. The predicted octanol–water partition coefficient (Wildman–Crippen LogP) is 2.03. The number of rotatable bonds is 6. The minimum absolute atomic E-state index is 0.179. The van der Waals surface area contributed by atoms with Crippen molar-refractivity contribution in [1.82, 2.24) is 10.2 Å². The second kappa shape index (κ2) is 8.03. The summed E-state index contributed by atoms with van der Waals surface area (Å²) in [6.45, 7) is 10.0. The number of carbonyl (C=O) groups excluding carboxylic acids is 1. The van der Waals surface area contributed by atoms with Crippen LogP contribution >= 0.6 is 0 Å².